The van der Waals surface area contributed by atoms with Crippen molar-refractivity contribution < 1.29 is 9.53 Å². The molecule has 0 fully saturated rings. The SMILES string of the molecule is CCC.CNC(=O)COc1cccc(-c2cc(N)ncc2Cl)c1. The minimum absolute atomic E-state index is 0.0355. The Morgan fingerprint density at radius 3 is 2.70 bits per heavy atom. The lowest BCUT2D eigenvalue weighted by molar-refractivity contribution is -0.122. The van der Waals surface area contributed by atoms with Crippen LogP contribution in [0.15, 0.2) is 36.5 Å². The summed E-state index contributed by atoms with van der Waals surface area (Å²) in [6.07, 6.45) is 2.75. The first-order chi connectivity index (χ1) is 11.0. The first kappa shape index (κ1) is 18.8. The van der Waals surface area contributed by atoms with Crippen LogP contribution in [0.25, 0.3) is 11.1 Å². The molecule has 1 aromatic carbocycles. The molecule has 1 amide bonds. The number of aromatic nitrogens is 1. The van der Waals surface area contributed by atoms with Gasteiger partial charge >= 0.3 is 0 Å². The van der Waals surface area contributed by atoms with Crippen LogP contribution in [0.5, 0.6) is 5.75 Å². The summed E-state index contributed by atoms with van der Waals surface area (Å²) in [4.78, 5) is 15.1. The number of carbonyl (C=O) groups excluding carboxylic acids is 1. The Hall–Kier alpha value is -2.27. The molecule has 3 N–H and O–H groups in total. The first-order valence-electron chi connectivity index (χ1n) is 7.36. The van der Waals surface area contributed by atoms with E-state index >= 15 is 0 Å². The van der Waals surface area contributed by atoms with Gasteiger partial charge in [-0.2, -0.15) is 0 Å². The fourth-order valence-electron chi connectivity index (χ4n) is 1.65. The van der Waals surface area contributed by atoms with Crippen LogP contribution in [-0.2, 0) is 4.79 Å². The molecule has 0 atom stereocenters. The lowest BCUT2D eigenvalue weighted by Crippen LogP contribution is -2.24. The molecule has 0 aliphatic carbocycles. The number of carbonyl (C=O) groups is 1. The topological polar surface area (TPSA) is 77.2 Å². The minimum atomic E-state index is -0.193. The number of likely N-dealkylation sites (N-methyl/N-ethyl adjacent to an activating group) is 1. The Labute approximate surface area is 141 Å². The van der Waals surface area contributed by atoms with E-state index in [-0.39, 0.29) is 12.5 Å². The van der Waals surface area contributed by atoms with Crippen LogP contribution in [0.3, 0.4) is 0 Å². The van der Waals surface area contributed by atoms with Crippen molar-refractivity contribution in [3.63, 3.8) is 0 Å². The van der Waals surface area contributed by atoms with Crippen LogP contribution in [-0.4, -0.2) is 24.5 Å². The predicted octanol–water partition coefficient (Wildman–Crippen LogP) is 3.53. The van der Waals surface area contributed by atoms with Gasteiger partial charge in [0.2, 0.25) is 0 Å². The number of rotatable bonds is 4. The number of nitrogens with one attached hydrogen (secondary N) is 1. The van der Waals surface area contributed by atoms with E-state index in [1.54, 1.807) is 25.2 Å². The number of pyridine rings is 1. The smallest absolute Gasteiger partial charge is 0.257 e. The summed E-state index contributed by atoms with van der Waals surface area (Å²) in [5, 5.41) is 2.99. The van der Waals surface area contributed by atoms with E-state index in [0.29, 0.717) is 16.6 Å². The number of anilines is 1. The molecule has 1 aromatic heterocycles. The van der Waals surface area contributed by atoms with Crippen molar-refractivity contribution in [2.75, 3.05) is 19.4 Å². The van der Waals surface area contributed by atoms with Crippen molar-refractivity contribution in [3.05, 3.63) is 41.6 Å². The van der Waals surface area contributed by atoms with Crippen molar-refractivity contribution in [1.29, 1.82) is 0 Å². The third-order valence-electron chi connectivity index (χ3n) is 2.67. The van der Waals surface area contributed by atoms with Crippen molar-refractivity contribution in [2.45, 2.75) is 20.3 Å². The number of benzene rings is 1. The number of nitrogen functional groups attached to an aromatic ring is 1. The summed E-state index contributed by atoms with van der Waals surface area (Å²) in [6, 6.07) is 8.96. The summed E-state index contributed by atoms with van der Waals surface area (Å²) in [5.74, 6) is 0.778. The minimum Gasteiger partial charge on any atom is -0.484 e. The van der Waals surface area contributed by atoms with Gasteiger partial charge in [0.1, 0.15) is 11.6 Å². The Morgan fingerprint density at radius 1 is 1.35 bits per heavy atom. The molecule has 0 aliphatic heterocycles. The summed E-state index contributed by atoms with van der Waals surface area (Å²) in [5.41, 5.74) is 7.28. The van der Waals surface area contributed by atoms with Gasteiger partial charge in [-0.15, -0.1) is 0 Å². The van der Waals surface area contributed by atoms with Crippen molar-refractivity contribution in [2.24, 2.45) is 0 Å². The van der Waals surface area contributed by atoms with Crippen molar-refractivity contribution >= 4 is 23.3 Å². The van der Waals surface area contributed by atoms with E-state index in [9.17, 15) is 4.79 Å². The van der Waals surface area contributed by atoms with Gasteiger partial charge in [0, 0.05) is 18.8 Å². The molecular formula is C17H22ClN3O2. The van der Waals surface area contributed by atoms with Crippen LogP contribution >= 0.6 is 11.6 Å². The number of hydrogen-bond acceptors (Lipinski definition) is 4. The second-order valence-corrected chi connectivity index (χ2v) is 5.19. The number of hydrogen-bond donors (Lipinski definition) is 2. The molecule has 5 nitrogen and oxygen atoms in total. The fraction of sp³-hybridized carbons (Fsp3) is 0.294. The Morgan fingerprint density at radius 2 is 2.04 bits per heavy atom. The molecule has 0 bridgehead atoms. The molecule has 23 heavy (non-hydrogen) atoms. The highest BCUT2D eigenvalue weighted by Gasteiger charge is 2.07. The maximum atomic E-state index is 11.2. The number of halogens is 1. The van der Waals surface area contributed by atoms with Gasteiger partial charge in [0.15, 0.2) is 6.61 Å². The zero-order valence-corrected chi connectivity index (χ0v) is 14.4. The van der Waals surface area contributed by atoms with Gasteiger partial charge < -0.3 is 15.8 Å². The molecule has 2 rings (SSSR count). The van der Waals surface area contributed by atoms with E-state index in [0.717, 1.165) is 11.1 Å². The van der Waals surface area contributed by atoms with Crippen LogP contribution in [0.4, 0.5) is 5.82 Å². The Bertz CT molecular complexity index is 647. The quantitative estimate of drug-likeness (QED) is 0.896. The molecule has 0 unspecified atom stereocenters. The Balaban J connectivity index is 0.000000816. The highest BCUT2D eigenvalue weighted by Crippen LogP contribution is 2.30. The van der Waals surface area contributed by atoms with Gasteiger partial charge in [-0.3, -0.25) is 4.79 Å². The van der Waals surface area contributed by atoms with Crippen LogP contribution < -0.4 is 15.8 Å². The van der Waals surface area contributed by atoms with E-state index < -0.39 is 0 Å². The van der Waals surface area contributed by atoms with Gasteiger partial charge in [-0.25, -0.2) is 4.98 Å². The molecule has 1 heterocycles. The van der Waals surface area contributed by atoms with Gasteiger partial charge in [0.25, 0.3) is 5.91 Å². The number of ether oxygens (including phenoxy) is 1. The van der Waals surface area contributed by atoms with Crippen molar-refractivity contribution in [3.8, 4) is 16.9 Å². The number of nitrogens with two attached hydrogens (primary N) is 1. The van der Waals surface area contributed by atoms with Crippen LogP contribution in [0, 0.1) is 0 Å². The van der Waals surface area contributed by atoms with Crippen LogP contribution in [0.1, 0.15) is 20.3 Å². The monoisotopic (exact) mass is 335 g/mol. The highest BCUT2D eigenvalue weighted by molar-refractivity contribution is 6.33. The summed E-state index contributed by atoms with van der Waals surface area (Å²) in [7, 11) is 1.56. The first-order valence-corrected chi connectivity index (χ1v) is 7.74. The van der Waals surface area contributed by atoms with Crippen molar-refractivity contribution in [1.82, 2.24) is 10.3 Å². The summed E-state index contributed by atoms with van der Waals surface area (Å²) < 4.78 is 5.39. The average Bonchev–Trinajstić information content (AvgIpc) is 2.56. The molecule has 0 saturated carbocycles. The fourth-order valence-corrected chi connectivity index (χ4v) is 1.86. The van der Waals surface area contributed by atoms with Gasteiger partial charge in [-0.05, 0) is 23.8 Å². The highest BCUT2D eigenvalue weighted by atomic mass is 35.5. The third-order valence-corrected chi connectivity index (χ3v) is 2.97. The lowest BCUT2D eigenvalue weighted by Gasteiger charge is -2.09. The van der Waals surface area contributed by atoms with Gasteiger partial charge in [0.05, 0.1) is 5.02 Å². The number of nitrogens with zero attached hydrogens (tertiary/aromatic N) is 1. The zero-order valence-electron chi connectivity index (χ0n) is 13.6. The molecule has 0 aliphatic rings. The normalized spacial score (nSPS) is 9.57. The lowest BCUT2D eigenvalue weighted by atomic mass is 10.1. The molecule has 6 heteroatoms. The molecular weight excluding hydrogens is 314 g/mol. The molecule has 124 valence electrons. The van der Waals surface area contributed by atoms with E-state index in [1.165, 1.54) is 12.6 Å². The Kier molecular flexibility index (Phi) is 7.91. The van der Waals surface area contributed by atoms with E-state index in [4.69, 9.17) is 22.1 Å². The summed E-state index contributed by atoms with van der Waals surface area (Å²) >= 11 is 6.11. The largest absolute Gasteiger partial charge is 0.484 e. The molecule has 2 aromatic rings. The second kappa shape index (κ2) is 9.69. The zero-order chi connectivity index (χ0) is 17.2. The maximum absolute atomic E-state index is 11.2. The second-order valence-electron chi connectivity index (χ2n) is 4.79. The predicted molar refractivity (Wildman–Crippen MR) is 94.6 cm³/mol. The standard InChI is InChI=1S/C14H14ClN3O2.C3H8/c1-17-14(19)8-20-10-4-2-3-9(5-10)11-6-13(16)18-7-12(11)15;1-3-2/h2-7H,8H2,1H3,(H2,16,18)(H,17,19);3H2,1-2H3. The van der Waals surface area contributed by atoms with E-state index in [1.807, 2.05) is 12.1 Å². The third kappa shape index (κ3) is 6.16. The van der Waals surface area contributed by atoms with Gasteiger partial charge in [-0.1, -0.05) is 44.0 Å². The maximum Gasteiger partial charge on any atom is 0.257 e. The average molecular weight is 336 g/mol. The molecule has 0 saturated heterocycles. The van der Waals surface area contributed by atoms with E-state index in [2.05, 4.69) is 24.1 Å². The number of amides is 1. The molecule has 0 radical (unpaired) electrons. The molecule has 0 spiro atoms. The van der Waals surface area contributed by atoms with Crippen LogP contribution in [0.2, 0.25) is 5.02 Å². The summed E-state index contributed by atoms with van der Waals surface area (Å²) in [6.45, 7) is 4.21.